The minimum Gasteiger partial charge on any atom is -0.368 e. The summed E-state index contributed by atoms with van der Waals surface area (Å²) < 4.78 is 5.63. The molecule has 0 unspecified atom stereocenters. The molecule has 0 saturated carbocycles. The van der Waals surface area contributed by atoms with Gasteiger partial charge in [-0.25, -0.2) is 0 Å². The van der Waals surface area contributed by atoms with Crippen molar-refractivity contribution in [1.82, 2.24) is 5.32 Å². The van der Waals surface area contributed by atoms with Crippen molar-refractivity contribution in [2.24, 2.45) is 0 Å². The van der Waals surface area contributed by atoms with Crippen LogP contribution >= 0.6 is 0 Å². The molecule has 1 saturated heterocycles. The van der Waals surface area contributed by atoms with Crippen molar-refractivity contribution in [3.05, 3.63) is 29.8 Å². The Hall–Kier alpha value is -1.39. The molecule has 1 amide bonds. The first-order valence-electron chi connectivity index (χ1n) is 7.37. The number of hydrogen-bond acceptors (Lipinski definition) is 3. The van der Waals surface area contributed by atoms with Crippen molar-refractivity contribution >= 4 is 11.6 Å². The Morgan fingerprint density at radius 1 is 1.30 bits per heavy atom. The van der Waals surface area contributed by atoms with Crippen LogP contribution in [0.1, 0.15) is 38.2 Å². The Labute approximate surface area is 120 Å². The summed E-state index contributed by atoms with van der Waals surface area (Å²) in [4.78, 5) is 11.8. The van der Waals surface area contributed by atoms with Crippen LogP contribution in [0.25, 0.3) is 0 Å². The number of benzene rings is 1. The Bertz CT molecular complexity index is 423. The van der Waals surface area contributed by atoms with Gasteiger partial charge >= 0.3 is 0 Å². The maximum atomic E-state index is 11.8. The molecule has 2 rings (SSSR count). The first-order chi connectivity index (χ1) is 9.65. The number of carbonyl (C=O) groups excluding carboxylic acids is 1. The molecule has 0 atom stereocenters. The van der Waals surface area contributed by atoms with Gasteiger partial charge in [0.05, 0.1) is 6.10 Å². The number of carbonyl (C=O) groups is 1. The molecular formula is C16H24N2O2. The SMILES string of the molecule is CC(C)c1ccc(NC(=O)COC2CCNCC2)cc1. The summed E-state index contributed by atoms with van der Waals surface area (Å²) in [6.45, 7) is 6.39. The predicted octanol–water partition coefficient (Wildman–Crippen LogP) is 2.52. The van der Waals surface area contributed by atoms with E-state index in [0.717, 1.165) is 31.6 Å². The van der Waals surface area contributed by atoms with Crippen LogP contribution in [0.2, 0.25) is 0 Å². The molecule has 0 aliphatic carbocycles. The Morgan fingerprint density at radius 2 is 1.95 bits per heavy atom. The van der Waals surface area contributed by atoms with E-state index in [0.29, 0.717) is 5.92 Å². The van der Waals surface area contributed by atoms with Crippen LogP contribution in [0.15, 0.2) is 24.3 Å². The Morgan fingerprint density at radius 3 is 2.55 bits per heavy atom. The Balaban J connectivity index is 1.75. The largest absolute Gasteiger partial charge is 0.368 e. The zero-order valence-corrected chi connectivity index (χ0v) is 12.3. The number of ether oxygens (including phenoxy) is 1. The van der Waals surface area contributed by atoms with Gasteiger partial charge < -0.3 is 15.4 Å². The van der Waals surface area contributed by atoms with E-state index in [9.17, 15) is 4.79 Å². The van der Waals surface area contributed by atoms with Gasteiger partial charge in [0.1, 0.15) is 6.61 Å². The zero-order chi connectivity index (χ0) is 14.4. The summed E-state index contributed by atoms with van der Waals surface area (Å²) >= 11 is 0. The molecule has 1 aromatic rings. The van der Waals surface area contributed by atoms with Gasteiger partial charge in [0.15, 0.2) is 0 Å². The van der Waals surface area contributed by atoms with Crippen LogP contribution in [0, 0.1) is 0 Å². The summed E-state index contributed by atoms with van der Waals surface area (Å²) in [6.07, 6.45) is 2.18. The molecule has 0 radical (unpaired) electrons. The van der Waals surface area contributed by atoms with Crippen molar-refractivity contribution in [2.75, 3.05) is 25.0 Å². The first-order valence-corrected chi connectivity index (χ1v) is 7.37. The maximum Gasteiger partial charge on any atom is 0.250 e. The highest BCUT2D eigenvalue weighted by molar-refractivity contribution is 5.91. The second-order valence-corrected chi connectivity index (χ2v) is 5.59. The highest BCUT2D eigenvalue weighted by atomic mass is 16.5. The van der Waals surface area contributed by atoms with Gasteiger partial charge in [0.25, 0.3) is 0 Å². The maximum absolute atomic E-state index is 11.8. The van der Waals surface area contributed by atoms with Crippen LogP contribution in [-0.4, -0.2) is 31.7 Å². The number of piperidine rings is 1. The lowest BCUT2D eigenvalue weighted by Gasteiger charge is -2.22. The van der Waals surface area contributed by atoms with E-state index in [1.165, 1.54) is 5.56 Å². The van der Waals surface area contributed by atoms with Crippen molar-refractivity contribution < 1.29 is 9.53 Å². The molecule has 1 aliphatic rings. The number of anilines is 1. The van der Waals surface area contributed by atoms with E-state index >= 15 is 0 Å². The van der Waals surface area contributed by atoms with Gasteiger partial charge in [-0.15, -0.1) is 0 Å². The summed E-state index contributed by atoms with van der Waals surface area (Å²) in [5, 5.41) is 6.14. The van der Waals surface area contributed by atoms with Gasteiger partial charge in [-0.2, -0.15) is 0 Å². The van der Waals surface area contributed by atoms with Gasteiger partial charge in [-0.3, -0.25) is 4.79 Å². The minimum atomic E-state index is -0.0826. The zero-order valence-electron chi connectivity index (χ0n) is 12.3. The van der Waals surface area contributed by atoms with Crippen LogP contribution in [0.4, 0.5) is 5.69 Å². The molecule has 4 heteroatoms. The topological polar surface area (TPSA) is 50.4 Å². The molecule has 1 aliphatic heterocycles. The van der Waals surface area contributed by atoms with E-state index in [-0.39, 0.29) is 18.6 Å². The molecule has 4 nitrogen and oxygen atoms in total. The Kier molecular flexibility index (Phi) is 5.56. The normalized spacial score (nSPS) is 16.4. The van der Waals surface area contributed by atoms with Crippen molar-refractivity contribution in [3.8, 4) is 0 Å². The van der Waals surface area contributed by atoms with Crippen LogP contribution in [-0.2, 0) is 9.53 Å². The molecular weight excluding hydrogens is 252 g/mol. The smallest absolute Gasteiger partial charge is 0.250 e. The molecule has 0 spiro atoms. The number of nitrogens with one attached hydrogen (secondary N) is 2. The van der Waals surface area contributed by atoms with E-state index < -0.39 is 0 Å². The van der Waals surface area contributed by atoms with E-state index in [1.807, 2.05) is 24.3 Å². The van der Waals surface area contributed by atoms with Crippen molar-refractivity contribution in [3.63, 3.8) is 0 Å². The average Bonchev–Trinajstić information content (AvgIpc) is 2.47. The molecule has 0 aromatic heterocycles. The van der Waals surface area contributed by atoms with Crippen molar-refractivity contribution in [1.29, 1.82) is 0 Å². The second kappa shape index (κ2) is 7.41. The monoisotopic (exact) mass is 276 g/mol. The standard InChI is InChI=1S/C16H24N2O2/c1-12(2)13-3-5-14(6-4-13)18-16(19)11-20-15-7-9-17-10-8-15/h3-6,12,15,17H,7-11H2,1-2H3,(H,18,19). The van der Waals surface area contributed by atoms with E-state index in [2.05, 4.69) is 24.5 Å². The van der Waals surface area contributed by atoms with E-state index in [4.69, 9.17) is 4.74 Å². The van der Waals surface area contributed by atoms with Crippen molar-refractivity contribution in [2.45, 2.75) is 38.7 Å². The second-order valence-electron chi connectivity index (χ2n) is 5.59. The quantitative estimate of drug-likeness (QED) is 0.869. The molecule has 110 valence electrons. The lowest BCUT2D eigenvalue weighted by atomic mass is 10.0. The van der Waals surface area contributed by atoms with Gasteiger partial charge in [0, 0.05) is 5.69 Å². The molecule has 0 bridgehead atoms. The number of rotatable bonds is 5. The van der Waals surface area contributed by atoms with Gasteiger partial charge in [0.2, 0.25) is 5.91 Å². The molecule has 20 heavy (non-hydrogen) atoms. The molecule has 1 fully saturated rings. The fraction of sp³-hybridized carbons (Fsp3) is 0.562. The van der Waals surface area contributed by atoms with Crippen LogP contribution < -0.4 is 10.6 Å². The molecule has 2 N–H and O–H groups in total. The summed E-state index contributed by atoms with van der Waals surface area (Å²) in [5.74, 6) is 0.420. The van der Waals surface area contributed by atoms with Crippen LogP contribution in [0.3, 0.4) is 0 Å². The van der Waals surface area contributed by atoms with E-state index in [1.54, 1.807) is 0 Å². The molecule has 1 heterocycles. The third-order valence-corrected chi connectivity index (χ3v) is 3.60. The third kappa shape index (κ3) is 4.62. The lowest BCUT2D eigenvalue weighted by Crippen LogP contribution is -2.34. The molecule has 1 aromatic carbocycles. The number of hydrogen-bond donors (Lipinski definition) is 2. The minimum absolute atomic E-state index is 0.0826. The highest BCUT2D eigenvalue weighted by Gasteiger charge is 2.14. The fourth-order valence-corrected chi connectivity index (χ4v) is 2.30. The summed E-state index contributed by atoms with van der Waals surface area (Å²) in [5.41, 5.74) is 2.10. The average molecular weight is 276 g/mol. The lowest BCUT2D eigenvalue weighted by molar-refractivity contribution is -0.123. The van der Waals surface area contributed by atoms with Gasteiger partial charge in [-0.05, 0) is 49.5 Å². The highest BCUT2D eigenvalue weighted by Crippen LogP contribution is 2.17. The fourth-order valence-electron chi connectivity index (χ4n) is 2.30. The summed E-state index contributed by atoms with van der Waals surface area (Å²) in [6, 6.07) is 7.98. The van der Waals surface area contributed by atoms with Gasteiger partial charge in [-0.1, -0.05) is 26.0 Å². The van der Waals surface area contributed by atoms with Crippen LogP contribution in [0.5, 0.6) is 0 Å². The first kappa shape index (κ1) is 15.0. The number of amides is 1. The third-order valence-electron chi connectivity index (χ3n) is 3.60. The summed E-state index contributed by atoms with van der Waals surface area (Å²) in [7, 11) is 0. The predicted molar refractivity (Wildman–Crippen MR) is 81.0 cm³/mol.